The van der Waals surface area contributed by atoms with E-state index in [-0.39, 0.29) is 11.0 Å². The van der Waals surface area contributed by atoms with Gasteiger partial charge in [0.2, 0.25) is 0 Å². The van der Waals surface area contributed by atoms with Crippen molar-refractivity contribution in [1.82, 2.24) is 20.4 Å². The maximum atomic E-state index is 12.5. The molecule has 32 heavy (non-hydrogen) atoms. The zero-order chi connectivity index (χ0) is 22.5. The highest BCUT2D eigenvalue weighted by molar-refractivity contribution is 7.80. The van der Waals surface area contributed by atoms with E-state index in [9.17, 15) is 4.79 Å². The van der Waals surface area contributed by atoms with E-state index >= 15 is 0 Å². The number of carbonyl (C=O) groups excluding carboxylic acids is 1. The lowest BCUT2D eigenvalue weighted by Gasteiger charge is -2.12. The minimum atomic E-state index is -0.300. The number of hydrazine groups is 1. The van der Waals surface area contributed by atoms with Gasteiger partial charge in [-0.2, -0.15) is 0 Å². The predicted octanol–water partition coefficient (Wildman–Crippen LogP) is 4.79. The molecule has 0 aliphatic carbocycles. The second-order valence-electron chi connectivity index (χ2n) is 7.08. The number of thiocarbonyl (C=S) groups is 1. The number of para-hydroxylation sites is 1. The molecular weight excluding hydrogens is 422 g/mol. The lowest BCUT2D eigenvalue weighted by atomic mass is 10.2. The van der Waals surface area contributed by atoms with Crippen LogP contribution >= 0.6 is 12.2 Å². The van der Waals surface area contributed by atoms with Gasteiger partial charge in [-0.3, -0.25) is 15.6 Å². The summed E-state index contributed by atoms with van der Waals surface area (Å²) in [7, 11) is 0. The smallest absolute Gasteiger partial charge is 0.269 e. The van der Waals surface area contributed by atoms with E-state index in [1.165, 1.54) is 0 Å². The van der Waals surface area contributed by atoms with Crippen LogP contribution in [0, 0.1) is 6.92 Å². The van der Waals surface area contributed by atoms with Crippen LogP contribution in [0.25, 0.3) is 11.0 Å². The van der Waals surface area contributed by atoms with Gasteiger partial charge < -0.3 is 14.6 Å². The number of nitrogens with one attached hydrogen (secondary N) is 3. The number of fused-ring (bicyclic) bond motifs is 1. The summed E-state index contributed by atoms with van der Waals surface area (Å²) in [5, 5.41) is 3.29. The number of hydrogen-bond acceptors (Lipinski definition) is 4. The van der Waals surface area contributed by atoms with Crippen molar-refractivity contribution in [2.75, 3.05) is 5.32 Å². The Hall–Kier alpha value is -3.91. The summed E-state index contributed by atoms with van der Waals surface area (Å²) >= 11 is 5.27. The Morgan fingerprint density at radius 1 is 1.00 bits per heavy atom. The van der Waals surface area contributed by atoms with Crippen molar-refractivity contribution in [3.63, 3.8) is 0 Å². The molecular formula is C24H23N5O2S. The van der Waals surface area contributed by atoms with Gasteiger partial charge in [0.25, 0.3) is 5.91 Å². The van der Waals surface area contributed by atoms with E-state index in [4.69, 9.17) is 17.0 Å². The molecule has 3 aromatic carbocycles. The lowest BCUT2D eigenvalue weighted by molar-refractivity contribution is 0.0944. The molecule has 0 atom stereocenters. The summed E-state index contributed by atoms with van der Waals surface area (Å²) in [4.78, 5) is 17.0. The number of anilines is 1. The Bertz CT molecular complexity index is 1250. The van der Waals surface area contributed by atoms with Gasteiger partial charge in [-0.25, -0.2) is 4.98 Å². The number of ether oxygens (including phenoxy) is 1. The number of nitrogens with zero attached hydrogens (tertiary/aromatic N) is 2. The first-order chi connectivity index (χ1) is 15.5. The molecule has 162 valence electrons. The number of hydrogen-bond donors (Lipinski definition) is 3. The van der Waals surface area contributed by atoms with E-state index in [0.717, 1.165) is 34.8 Å². The number of carbonyl (C=O) groups is 1. The molecule has 0 aliphatic rings. The van der Waals surface area contributed by atoms with Gasteiger partial charge in [0.1, 0.15) is 17.3 Å². The molecule has 1 aromatic heterocycles. The van der Waals surface area contributed by atoms with Gasteiger partial charge in [-0.05, 0) is 80.7 Å². The zero-order valence-corrected chi connectivity index (χ0v) is 18.6. The summed E-state index contributed by atoms with van der Waals surface area (Å²) < 4.78 is 7.87. The SMILES string of the molecule is CCn1c(C)nc2cc(C(=O)NNC(=S)Nc3ccc(Oc4ccccc4)cc3)ccc21. The number of rotatable bonds is 5. The van der Waals surface area contributed by atoms with Gasteiger partial charge in [-0.15, -0.1) is 0 Å². The fourth-order valence-corrected chi connectivity index (χ4v) is 3.54. The van der Waals surface area contributed by atoms with Crippen LogP contribution in [-0.4, -0.2) is 20.6 Å². The third-order valence-corrected chi connectivity index (χ3v) is 5.10. The third-order valence-electron chi connectivity index (χ3n) is 4.90. The Balaban J connectivity index is 1.31. The van der Waals surface area contributed by atoms with Gasteiger partial charge in [0.15, 0.2) is 5.11 Å². The predicted molar refractivity (Wildman–Crippen MR) is 130 cm³/mol. The van der Waals surface area contributed by atoms with Crippen molar-refractivity contribution in [3.05, 3.63) is 84.2 Å². The summed E-state index contributed by atoms with van der Waals surface area (Å²) in [5.41, 5.74) is 8.39. The number of aryl methyl sites for hydroxylation is 2. The molecule has 8 heteroatoms. The topological polar surface area (TPSA) is 80.2 Å². The summed E-state index contributed by atoms with van der Waals surface area (Å²) in [6, 6.07) is 22.4. The highest BCUT2D eigenvalue weighted by Crippen LogP contribution is 2.22. The van der Waals surface area contributed by atoms with Crippen LogP contribution in [-0.2, 0) is 6.54 Å². The van der Waals surface area contributed by atoms with Crippen molar-refractivity contribution in [2.45, 2.75) is 20.4 Å². The Labute approximate surface area is 191 Å². The normalized spacial score (nSPS) is 10.6. The molecule has 3 N–H and O–H groups in total. The van der Waals surface area contributed by atoms with E-state index in [1.807, 2.05) is 67.6 Å². The van der Waals surface area contributed by atoms with E-state index in [2.05, 4.69) is 32.6 Å². The first-order valence-electron chi connectivity index (χ1n) is 10.2. The maximum absolute atomic E-state index is 12.5. The van der Waals surface area contributed by atoms with Crippen molar-refractivity contribution >= 4 is 40.0 Å². The number of aromatic nitrogens is 2. The zero-order valence-electron chi connectivity index (χ0n) is 17.8. The summed E-state index contributed by atoms with van der Waals surface area (Å²) in [6.45, 7) is 4.85. The van der Waals surface area contributed by atoms with Gasteiger partial charge in [-0.1, -0.05) is 18.2 Å². The Morgan fingerprint density at radius 3 is 2.44 bits per heavy atom. The average Bonchev–Trinajstić information content (AvgIpc) is 3.13. The quantitative estimate of drug-likeness (QED) is 0.303. The number of imidazole rings is 1. The van der Waals surface area contributed by atoms with Crippen molar-refractivity contribution in [3.8, 4) is 11.5 Å². The monoisotopic (exact) mass is 445 g/mol. The molecule has 0 unspecified atom stereocenters. The molecule has 7 nitrogen and oxygen atoms in total. The minimum Gasteiger partial charge on any atom is -0.457 e. The lowest BCUT2D eigenvalue weighted by Crippen LogP contribution is -2.43. The van der Waals surface area contributed by atoms with Gasteiger partial charge in [0, 0.05) is 17.8 Å². The second kappa shape index (κ2) is 9.49. The largest absolute Gasteiger partial charge is 0.457 e. The first kappa shape index (κ1) is 21.3. The highest BCUT2D eigenvalue weighted by Gasteiger charge is 2.11. The standard InChI is InChI=1S/C24H23N5O2S/c1-3-29-16(2)25-21-15-17(9-14-22(21)29)23(30)27-28-24(32)26-18-10-12-20(13-11-18)31-19-7-5-4-6-8-19/h4-15H,3H2,1-2H3,(H,27,30)(H2,26,28,32). The van der Waals surface area contributed by atoms with Crippen LogP contribution in [0.3, 0.4) is 0 Å². The second-order valence-corrected chi connectivity index (χ2v) is 7.49. The Morgan fingerprint density at radius 2 is 1.72 bits per heavy atom. The molecule has 0 spiro atoms. The third kappa shape index (κ3) is 4.87. The van der Waals surface area contributed by atoms with E-state index in [1.54, 1.807) is 12.1 Å². The van der Waals surface area contributed by atoms with Crippen LogP contribution < -0.4 is 20.9 Å². The molecule has 0 radical (unpaired) electrons. The van der Waals surface area contributed by atoms with E-state index in [0.29, 0.717) is 11.3 Å². The molecule has 4 aromatic rings. The molecule has 1 amide bonds. The minimum absolute atomic E-state index is 0.266. The molecule has 0 saturated heterocycles. The van der Waals surface area contributed by atoms with Gasteiger partial charge in [0.05, 0.1) is 11.0 Å². The molecule has 1 heterocycles. The maximum Gasteiger partial charge on any atom is 0.269 e. The Kier molecular flexibility index (Phi) is 6.32. The average molecular weight is 446 g/mol. The molecule has 0 saturated carbocycles. The fourth-order valence-electron chi connectivity index (χ4n) is 3.37. The summed E-state index contributed by atoms with van der Waals surface area (Å²) in [6.07, 6.45) is 0. The molecule has 0 aliphatic heterocycles. The van der Waals surface area contributed by atoms with Crippen LogP contribution in [0.4, 0.5) is 5.69 Å². The van der Waals surface area contributed by atoms with E-state index < -0.39 is 0 Å². The number of amides is 1. The number of benzene rings is 3. The highest BCUT2D eigenvalue weighted by atomic mass is 32.1. The van der Waals surface area contributed by atoms with Crippen molar-refractivity contribution in [2.24, 2.45) is 0 Å². The van der Waals surface area contributed by atoms with Crippen LogP contribution in [0.2, 0.25) is 0 Å². The van der Waals surface area contributed by atoms with Crippen LogP contribution in [0.15, 0.2) is 72.8 Å². The first-order valence-corrected chi connectivity index (χ1v) is 10.6. The van der Waals surface area contributed by atoms with Crippen molar-refractivity contribution in [1.29, 1.82) is 0 Å². The van der Waals surface area contributed by atoms with Crippen LogP contribution in [0.5, 0.6) is 11.5 Å². The van der Waals surface area contributed by atoms with Crippen molar-refractivity contribution < 1.29 is 9.53 Å². The molecule has 4 rings (SSSR count). The van der Waals surface area contributed by atoms with Crippen LogP contribution in [0.1, 0.15) is 23.1 Å². The molecule has 0 bridgehead atoms. The summed E-state index contributed by atoms with van der Waals surface area (Å²) in [5.74, 6) is 2.10. The molecule has 0 fully saturated rings. The van der Waals surface area contributed by atoms with Gasteiger partial charge >= 0.3 is 0 Å². The fraction of sp³-hybridized carbons (Fsp3) is 0.125.